The monoisotopic (exact) mass is 375 g/mol. The summed E-state index contributed by atoms with van der Waals surface area (Å²) in [5, 5.41) is 1.37. The molecule has 0 saturated heterocycles. The number of hydrogen-bond donors (Lipinski definition) is 0. The van der Waals surface area contributed by atoms with Crippen LogP contribution < -0.4 is 0 Å². The van der Waals surface area contributed by atoms with Crippen molar-refractivity contribution in [2.75, 3.05) is 14.2 Å². The fraction of sp³-hybridized carbons (Fsp3) is 0.875. The van der Waals surface area contributed by atoms with Crippen LogP contribution in [0.4, 0.5) is 0 Å². The molecular weight excluding hydrogens is 334 g/mol. The van der Waals surface area contributed by atoms with Gasteiger partial charge < -0.3 is 0 Å². The van der Waals surface area contributed by atoms with E-state index in [4.69, 9.17) is 4.84 Å². The van der Waals surface area contributed by atoms with Crippen LogP contribution in [0.1, 0.15) is 103 Å². The van der Waals surface area contributed by atoms with E-state index in [2.05, 4.69) is 11.8 Å². The number of amides is 1. The largest absolute Gasteiger partial charge is 0.275 e. The lowest BCUT2D eigenvalue weighted by atomic mass is 9.83. The zero-order valence-electron chi connectivity index (χ0n) is 17.8. The van der Waals surface area contributed by atoms with Gasteiger partial charge in [-0.15, -0.1) is 0 Å². The smallest absolute Gasteiger partial charge is 0.246 e. The molecule has 3 heteroatoms. The van der Waals surface area contributed by atoms with Crippen LogP contribution in [-0.4, -0.2) is 25.1 Å². The number of nitrogens with zero attached hydrogens (tertiary/aromatic N) is 1. The molecule has 2 aliphatic rings. The number of carbonyl (C=O) groups excluding carboxylic acids is 1. The molecule has 154 valence electrons. The molecule has 0 heterocycles. The van der Waals surface area contributed by atoms with Gasteiger partial charge in [0.1, 0.15) is 0 Å². The fourth-order valence-electron chi connectivity index (χ4n) is 4.56. The molecule has 2 saturated carbocycles. The van der Waals surface area contributed by atoms with Crippen molar-refractivity contribution >= 4 is 5.91 Å². The first-order valence-electron chi connectivity index (χ1n) is 11.5. The van der Waals surface area contributed by atoms with Gasteiger partial charge in [-0.25, -0.2) is 5.06 Å². The molecule has 1 amide bonds. The van der Waals surface area contributed by atoms with Gasteiger partial charge in [-0.05, 0) is 44.4 Å². The number of rotatable bonds is 3. The lowest BCUT2D eigenvalue weighted by Crippen LogP contribution is -2.27. The SMILES string of the molecule is CON(C)C(=O)CC1CCCCC(C#CC2CCCCCCCCC2)CC1. The summed E-state index contributed by atoms with van der Waals surface area (Å²) < 4.78 is 0. The van der Waals surface area contributed by atoms with E-state index in [-0.39, 0.29) is 5.91 Å². The van der Waals surface area contributed by atoms with E-state index in [1.807, 2.05) is 0 Å². The molecule has 2 atom stereocenters. The third kappa shape index (κ3) is 9.15. The Morgan fingerprint density at radius 2 is 1.26 bits per heavy atom. The van der Waals surface area contributed by atoms with E-state index in [1.165, 1.54) is 88.5 Å². The lowest BCUT2D eigenvalue weighted by Gasteiger charge is -2.24. The van der Waals surface area contributed by atoms with Crippen LogP contribution in [0, 0.1) is 29.6 Å². The van der Waals surface area contributed by atoms with E-state index in [9.17, 15) is 4.79 Å². The van der Waals surface area contributed by atoms with Gasteiger partial charge in [-0.1, -0.05) is 69.6 Å². The third-order valence-electron chi connectivity index (χ3n) is 6.52. The normalized spacial score (nSPS) is 26.1. The molecule has 2 rings (SSSR count). The second-order valence-corrected chi connectivity index (χ2v) is 8.74. The van der Waals surface area contributed by atoms with Gasteiger partial charge in [0, 0.05) is 25.3 Å². The van der Waals surface area contributed by atoms with E-state index < -0.39 is 0 Å². The van der Waals surface area contributed by atoms with E-state index in [1.54, 1.807) is 14.2 Å². The molecule has 0 aromatic heterocycles. The molecule has 0 aliphatic heterocycles. The van der Waals surface area contributed by atoms with Crippen molar-refractivity contribution in [3.05, 3.63) is 0 Å². The summed E-state index contributed by atoms with van der Waals surface area (Å²) in [5.41, 5.74) is 0. The summed E-state index contributed by atoms with van der Waals surface area (Å²) in [5.74, 6) is 9.14. The highest BCUT2D eigenvalue weighted by Gasteiger charge is 2.20. The van der Waals surface area contributed by atoms with Gasteiger partial charge in [0.05, 0.1) is 7.11 Å². The average Bonchev–Trinajstić information content (AvgIpc) is 2.67. The maximum Gasteiger partial charge on any atom is 0.246 e. The Morgan fingerprint density at radius 1 is 0.778 bits per heavy atom. The van der Waals surface area contributed by atoms with Gasteiger partial charge in [0.25, 0.3) is 0 Å². The second kappa shape index (κ2) is 13.2. The van der Waals surface area contributed by atoms with Crippen molar-refractivity contribution in [1.82, 2.24) is 5.06 Å². The summed E-state index contributed by atoms with van der Waals surface area (Å²) in [7, 11) is 3.26. The summed E-state index contributed by atoms with van der Waals surface area (Å²) in [6.07, 6.45) is 20.2. The van der Waals surface area contributed by atoms with Gasteiger partial charge in [-0.2, -0.15) is 0 Å². The molecule has 0 radical (unpaired) electrons. The van der Waals surface area contributed by atoms with E-state index in [0.29, 0.717) is 24.2 Å². The quantitative estimate of drug-likeness (QED) is 0.439. The molecule has 0 spiro atoms. The van der Waals surface area contributed by atoms with Gasteiger partial charge >= 0.3 is 0 Å². The fourth-order valence-corrected chi connectivity index (χ4v) is 4.56. The Hall–Kier alpha value is -1.01. The van der Waals surface area contributed by atoms with Crippen LogP contribution >= 0.6 is 0 Å². The molecular formula is C24H41NO2. The van der Waals surface area contributed by atoms with Crippen LogP contribution in [0.5, 0.6) is 0 Å². The van der Waals surface area contributed by atoms with Crippen molar-refractivity contribution in [1.29, 1.82) is 0 Å². The Kier molecular flexibility index (Phi) is 10.9. The van der Waals surface area contributed by atoms with E-state index >= 15 is 0 Å². The highest BCUT2D eigenvalue weighted by atomic mass is 16.7. The van der Waals surface area contributed by atoms with Crippen molar-refractivity contribution in [2.45, 2.75) is 103 Å². The maximum atomic E-state index is 12.1. The summed E-state index contributed by atoms with van der Waals surface area (Å²) >= 11 is 0. The average molecular weight is 376 g/mol. The summed E-state index contributed by atoms with van der Waals surface area (Å²) in [6, 6.07) is 0. The van der Waals surface area contributed by atoms with Gasteiger partial charge in [0.15, 0.2) is 0 Å². The number of carbonyl (C=O) groups is 1. The van der Waals surface area contributed by atoms with E-state index in [0.717, 1.165) is 12.8 Å². The first kappa shape index (κ1) is 22.3. The second-order valence-electron chi connectivity index (χ2n) is 8.74. The summed E-state index contributed by atoms with van der Waals surface area (Å²) in [4.78, 5) is 17.2. The minimum Gasteiger partial charge on any atom is -0.275 e. The van der Waals surface area contributed by atoms with Gasteiger partial charge in [-0.3, -0.25) is 9.63 Å². The molecule has 0 aromatic rings. The minimum absolute atomic E-state index is 0.104. The predicted octanol–water partition coefficient (Wildman–Crippen LogP) is 6.13. The first-order valence-corrected chi connectivity index (χ1v) is 11.5. The topological polar surface area (TPSA) is 29.5 Å². The Bertz CT molecular complexity index is 469. The lowest BCUT2D eigenvalue weighted by molar-refractivity contribution is -0.169. The molecule has 3 nitrogen and oxygen atoms in total. The molecule has 0 bridgehead atoms. The minimum atomic E-state index is 0.104. The molecule has 2 unspecified atom stereocenters. The van der Waals surface area contributed by atoms with Crippen LogP contribution in [0.2, 0.25) is 0 Å². The van der Waals surface area contributed by atoms with Crippen molar-refractivity contribution in [3.8, 4) is 11.8 Å². The Balaban J connectivity index is 1.83. The molecule has 2 aliphatic carbocycles. The van der Waals surface area contributed by atoms with Gasteiger partial charge in [0.2, 0.25) is 5.91 Å². The van der Waals surface area contributed by atoms with Crippen molar-refractivity contribution in [3.63, 3.8) is 0 Å². The first-order chi connectivity index (χ1) is 13.2. The maximum absolute atomic E-state index is 12.1. The highest BCUT2D eigenvalue weighted by molar-refractivity contribution is 5.75. The molecule has 27 heavy (non-hydrogen) atoms. The van der Waals surface area contributed by atoms with Crippen LogP contribution in [0.25, 0.3) is 0 Å². The molecule has 0 N–H and O–H groups in total. The van der Waals surface area contributed by atoms with Crippen LogP contribution in [0.15, 0.2) is 0 Å². The molecule has 0 aromatic carbocycles. The van der Waals surface area contributed by atoms with Crippen molar-refractivity contribution < 1.29 is 9.63 Å². The zero-order chi connectivity index (χ0) is 19.3. The number of hydrogen-bond acceptors (Lipinski definition) is 2. The third-order valence-corrected chi connectivity index (χ3v) is 6.52. The van der Waals surface area contributed by atoms with Crippen LogP contribution in [-0.2, 0) is 9.63 Å². The standard InChI is InChI=1S/C24H41NO2/c1-25(27-2)24(26)20-23-15-11-10-14-22(18-19-23)17-16-21-12-8-6-4-3-5-7-9-13-21/h21-23H,3-15,18-20H2,1-2H3. The van der Waals surface area contributed by atoms with Crippen LogP contribution in [0.3, 0.4) is 0 Å². The summed E-state index contributed by atoms with van der Waals surface area (Å²) in [6.45, 7) is 0. The highest BCUT2D eigenvalue weighted by Crippen LogP contribution is 2.29. The number of hydroxylamine groups is 2. The Morgan fingerprint density at radius 3 is 1.85 bits per heavy atom. The Labute approximate surface area is 167 Å². The predicted molar refractivity (Wildman–Crippen MR) is 112 cm³/mol. The zero-order valence-corrected chi connectivity index (χ0v) is 17.8. The molecule has 2 fully saturated rings. The van der Waals surface area contributed by atoms with Crippen molar-refractivity contribution in [2.24, 2.45) is 17.8 Å².